The van der Waals surface area contributed by atoms with E-state index in [9.17, 15) is 0 Å². The Hall–Kier alpha value is -1.61. The van der Waals surface area contributed by atoms with Crippen molar-refractivity contribution in [1.29, 1.82) is 0 Å². The minimum absolute atomic E-state index is 0.712. The van der Waals surface area contributed by atoms with E-state index in [0.29, 0.717) is 5.92 Å². The number of hydrogen-bond acceptors (Lipinski definition) is 3. The number of rotatable bonds is 3. The molecular formula is C14H16N2O. The fraction of sp³-hybridized carbons (Fsp3) is 0.357. The molecule has 0 bridgehead atoms. The van der Waals surface area contributed by atoms with Crippen LogP contribution >= 0.6 is 0 Å². The fourth-order valence-electron chi connectivity index (χ4n) is 2.30. The Labute approximate surface area is 101 Å². The van der Waals surface area contributed by atoms with Crippen molar-refractivity contribution in [3.8, 4) is 11.5 Å². The molecule has 1 saturated heterocycles. The lowest BCUT2D eigenvalue weighted by atomic mass is 10.0. The van der Waals surface area contributed by atoms with Gasteiger partial charge in [0.2, 0.25) is 5.89 Å². The number of benzene rings is 1. The maximum absolute atomic E-state index is 5.53. The third kappa shape index (κ3) is 2.39. The van der Waals surface area contributed by atoms with E-state index in [2.05, 4.69) is 10.3 Å². The molecule has 17 heavy (non-hydrogen) atoms. The molecule has 0 radical (unpaired) electrons. The fourth-order valence-corrected chi connectivity index (χ4v) is 2.30. The van der Waals surface area contributed by atoms with Crippen molar-refractivity contribution in [2.45, 2.75) is 12.8 Å². The Morgan fingerprint density at radius 3 is 2.94 bits per heavy atom. The van der Waals surface area contributed by atoms with Crippen LogP contribution in [-0.2, 0) is 6.42 Å². The van der Waals surface area contributed by atoms with Crippen molar-refractivity contribution in [1.82, 2.24) is 10.3 Å². The number of oxazole rings is 1. The molecule has 1 aromatic heterocycles. The van der Waals surface area contributed by atoms with Gasteiger partial charge in [0.15, 0.2) is 0 Å². The lowest BCUT2D eigenvalue weighted by molar-refractivity contribution is 0.554. The van der Waals surface area contributed by atoms with E-state index in [1.807, 2.05) is 30.3 Å². The molecule has 1 N–H and O–H groups in total. The first-order valence-electron chi connectivity index (χ1n) is 6.12. The van der Waals surface area contributed by atoms with Gasteiger partial charge in [-0.3, -0.25) is 0 Å². The van der Waals surface area contributed by atoms with E-state index < -0.39 is 0 Å². The van der Waals surface area contributed by atoms with Gasteiger partial charge in [-0.15, -0.1) is 0 Å². The van der Waals surface area contributed by atoms with Gasteiger partial charge in [0.25, 0.3) is 0 Å². The molecule has 0 amide bonds. The van der Waals surface area contributed by atoms with Gasteiger partial charge < -0.3 is 9.73 Å². The zero-order valence-corrected chi connectivity index (χ0v) is 9.73. The largest absolute Gasteiger partial charge is 0.444 e. The van der Waals surface area contributed by atoms with Crippen molar-refractivity contribution >= 4 is 0 Å². The van der Waals surface area contributed by atoms with Crippen LogP contribution in [0.5, 0.6) is 0 Å². The van der Waals surface area contributed by atoms with Gasteiger partial charge in [-0.25, -0.2) is 4.98 Å². The van der Waals surface area contributed by atoms with Gasteiger partial charge in [-0.1, -0.05) is 18.2 Å². The van der Waals surface area contributed by atoms with Crippen LogP contribution in [0.1, 0.15) is 12.1 Å². The third-order valence-corrected chi connectivity index (χ3v) is 3.23. The van der Waals surface area contributed by atoms with Crippen molar-refractivity contribution in [3.05, 3.63) is 42.3 Å². The second-order valence-electron chi connectivity index (χ2n) is 4.57. The summed E-state index contributed by atoms with van der Waals surface area (Å²) in [7, 11) is 0. The highest BCUT2D eigenvalue weighted by Gasteiger charge is 2.17. The monoisotopic (exact) mass is 228 g/mol. The molecule has 1 aliphatic heterocycles. The normalized spacial score (nSPS) is 19.6. The average Bonchev–Trinajstić information content (AvgIpc) is 3.02. The van der Waals surface area contributed by atoms with Crippen LogP contribution in [0.4, 0.5) is 0 Å². The van der Waals surface area contributed by atoms with Gasteiger partial charge in [0.1, 0.15) is 6.26 Å². The first-order chi connectivity index (χ1) is 8.42. The van der Waals surface area contributed by atoms with Crippen LogP contribution in [0.3, 0.4) is 0 Å². The van der Waals surface area contributed by atoms with E-state index in [1.54, 1.807) is 6.26 Å². The van der Waals surface area contributed by atoms with E-state index in [1.165, 1.54) is 6.42 Å². The van der Waals surface area contributed by atoms with E-state index in [-0.39, 0.29) is 0 Å². The minimum atomic E-state index is 0.712. The predicted octanol–water partition coefficient (Wildman–Crippen LogP) is 2.49. The Balaban J connectivity index is 1.74. The van der Waals surface area contributed by atoms with Gasteiger partial charge in [-0.2, -0.15) is 0 Å². The molecule has 3 heteroatoms. The molecule has 1 fully saturated rings. The molecule has 3 nitrogen and oxygen atoms in total. The molecule has 2 aromatic rings. The second kappa shape index (κ2) is 4.72. The molecule has 88 valence electrons. The maximum Gasteiger partial charge on any atom is 0.226 e. The van der Waals surface area contributed by atoms with Crippen LogP contribution < -0.4 is 5.32 Å². The molecule has 1 unspecified atom stereocenters. The highest BCUT2D eigenvalue weighted by molar-refractivity contribution is 5.52. The summed E-state index contributed by atoms with van der Waals surface area (Å²) in [5.41, 5.74) is 2.11. The van der Waals surface area contributed by atoms with Gasteiger partial charge >= 0.3 is 0 Å². The summed E-state index contributed by atoms with van der Waals surface area (Å²) in [5.74, 6) is 1.44. The number of nitrogens with zero attached hydrogens (tertiary/aromatic N) is 1. The Morgan fingerprint density at radius 2 is 2.18 bits per heavy atom. The van der Waals surface area contributed by atoms with Crippen molar-refractivity contribution in [3.63, 3.8) is 0 Å². The summed E-state index contributed by atoms with van der Waals surface area (Å²) in [4.78, 5) is 4.55. The maximum atomic E-state index is 5.53. The summed E-state index contributed by atoms with van der Waals surface area (Å²) in [6, 6.07) is 10.0. The summed E-state index contributed by atoms with van der Waals surface area (Å²) in [6.45, 7) is 2.24. The third-order valence-electron chi connectivity index (χ3n) is 3.23. The Bertz CT molecular complexity index is 472. The topological polar surface area (TPSA) is 38.1 Å². The second-order valence-corrected chi connectivity index (χ2v) is 4.57. The molecular weight excluding hydrogens is 212 g/mol. The summed E-state index contributed by atoms with van der Waals surface area (Å²) >= 11 is 0. The molecule has 3 rings (SSSR count). The number of aromatic nitrogens is 1. The predicted molar refractivity (Wildman–Crippen MR) is 66.6 cm³/mol. The van der Waals surface area contributed by atoms with Crippen LogP contribution in [-0.4, -0.2) is 18.1 Å². The first kappa shape index (κ1) is 10.5. The van der Waals surface area contributed by atoms with Crippen molar-refractivity contribution < 1.29 is 4.42 Å². The quantitative estimate of drug-likeness (QED) is 0.877. The summed E-state index contributed by atoms with van der Waals surface area (Å²) < 4.78 is 5.53. The standard InChI is InChI=1S/C14H16N2O/c1-2-4-12(5-3-1)14-16-13(10-17-14)8-11-6-7-15-9-11/h1-5,10-11,15H,6-9H2. The zero-order chi connectivity index (χ0) is 11.5. The SMILES string of the molecule is c1ccc(-c2nc(CC3CCNC3)co2)cc1. The Kier molecular flexibility index (Phi) is 2.92. The smallest absolute Gasteiger partial charge is 0.226 e. The molecule has 0 saturated carbocycles. The molecule has 1 aliphatic rings. The molecule has 0 spiro atoms. The highest BCUT2D eigenvalue weighted by atomic mass is 16.3. The van der Waals surface area contributed by atoms with E-state index in [4.69, 9.17) is 4.42 Å². The molecule has 0 aliphatic carbocycles. The van der Waals surface area contributed by atoms with Crippen LogP contribution in [0.25, 0.3) is 11.5 Å². The van der Waals surface area contributed by atoms with Crippen molar-refractivity contribution in [2.24, 2.45) is 5.92 Å². The average molecular weight is 228 g/mol. The lowest BCUT2D eigenvalue weighted by Gasteiger charge is -2.03. The van der Waals surface area contributed by atoms with Gasteiger partial charge in [0.05, 0.1) is 5.69 Å². The zero-order valence-electron chi connectivity index (χ0n) is 9.73. The summed E-state index contributed by atoms with van der Waals surface area (Å²) in [5, 5.41) is 3.37. The van der Waals surface area contributed by atoms with Gasteiger partial charge in [-0.05, 0) is 44.0 Å². The molecule has 1 aromatic carbocycles. The van der Waals surface area contributed by atoms with Crippen molar-refractivity contribution in [2.75, 3.05) is 13.1 Å². The summed E-state index contributed by atoms with van der Waals surface area (Å²) in [6.07, 6.45) is 4.05. The number of hydrogen-bond donors (Lipinski definition) is 1. The van der Waals surface area contributed by atoms with Gasteiger partial charge in [0, 0.05) is 5.56 Å². The van der Waals surface area contributed by atoms with Crippen LogP contribution in [0.2, 0.25) is 0 Å². The molecule has 1 atom stereocenters. The van der Waals surface area contributed by atoms with Crippen LogP contribution in [0.15, 0.2) is 41.0 Å². The minimum Gasteiger partial charge on any atom is -0.444 e. The van der Waals surface area contributed by atoms with E-state index >= 15 is 0 Å². The van der Waals surface area contributed by atoms with E-state index in [0.717, 1.165) is 36.7 Å². The highest BCUT2D eigenvalue weighted by Crippen LogP contribution is 2.20. The Morgan fingerprint density at radius 1 is 1.29 bits per heavy atom. The molecule has 2 heterocycles. The first-order valence-corrected chi connectivity index (χ1v) is 6.12. The lowest BCUT2D eigenvalue weighted by Crippen LogP contribution is -2.10. The van der Waals surface area contributed by atoms with Crippen LogP contribution in [0, 0.1) is 5.92 Å². The number of nitrogens with one attached hydrogen (secondary N) is 1.